The van der Waals surface area contributed by atoms with E-state index in [1.54, 1.807) is 0 Å². The molecule has 0 radical (unpaired) electrons. The van der Waals surface area contributed by atoms with Crippen molar-refractivity contribution in [3.63, 3.8) is 0 Å². The molecule has 112 valence electrons. The minimum Gasteiger partial charge on any atom is -0.481 e. The molecule has 0 fully saturated rings. The van der Waals surface area contributed by atoms with Crippen molar-refractivity contribution >= 4 is 17.9 Å². The highest BCUT2D eigenvalue weighted by Gasteiger charge is 2.20. The van der Waals surface area contributed by atoms with Crippen molar-refractivity contribution < 1.29 is 34.1 Å². The van der Waals surface area contributed by atoms with Crippen molar-refractivity contribution in [3.05, 3.63) is 0 Å². The third kappa shape index (κ3) is 16.4. The fourth-order valence-electron chi connectivity index (χ4n) is 0.883. The molecule has 0 atom stereocenters. The van der Waals surface area contributed by atoms with E-state index in [1.807, 2.05) is 0 Å². The third-order valence-corrected chi connectivity index (χ3v) is 1.86. The van der Waals surface area contributed by atoms with Gasteiger partial charge in [0.05, 0.1) is 12.8 Å². The Morgan fingerprint density at radius 1 is 1.00 bits per heavy atom. The summed E-state index contributed by atoms with van der Waals surface area (Å²) >= 11 is 0. The number of carbonyl (C=O) groups excluding carboxylic acids is 1. The summed E-state index contributed by atoms with van der Waals surface area (Å²) in [7, 11) is 1.27. The monoisotopic (exact) mass is 278 g/mol. The lowest BCUT2D eigenvalue weighted by atomic mass is 10.2. The predicted octanol–water partition coefficient (Wildman–Crippen LogP) is 1.30. The lowest BCUT2D eigenvalue weighted by molar-refractivity contribution is -0.159. The Morgan fingerprint density at radius 2 is 1.42 bits per heavy atom. The number of carboxylic acids is 2. The van der Waals surface area contributed by atoms with Crippen molar-refractivity contribution in [2.24, 2.45) is 0 Å². The molecule has 0 aromatic heterocycles. The van der Waals surface area contributed by atoms with Gasteiger partial charge in [-0.3, -0.25) is 9.59 Å². The summed E-state index contributed by atoms with van der Waals surface area (Å²) in [6, 6.07) is 0. The molecule has 0 spiro atoms. The quantitative estimate of drug-likeness (QED) is 0.644. The number of ether oxygens (including phenoxy) is 2. The van der Waals surface area contributed by atoms with Crippen LogP contribution in [0.3, 0.4) is 0 Å². The molecule has 0 aromatic rings. The van der Waals surface area contributed by atoms with Crippen LogP contribution in [0.4, 0.5) is 0 Å². The van der Waals surface area contributed by atoms with Crippen LogP contribution in [-0.2, 0) is 23.9 Å². The smallest absolute Gasteiger partial charge is 0.332 e. The molecule has 7 heteroatoms. The van der Waals surface area contributed by atoms with Gasteiger partial charge in [0.25, 0.3) is 0 Å². The van der Waals surface area contributed by atoms with E-state index in [2.05, 4.69) is 23.3 Å². The number of methoxy groups -OCH3 is 1. The van der Waals surface area contributed by atoms with E-state index < -0.39 is 36.9 Å². The zero-order valence-corrected chi connectivity index (χ0v) is 11.5. The second kappa shape index (κ2) is 12.8. The first kappa shape index (κ1) is 19.7. The number of hydrogen-bond acceptors (Lipinski definition) is 5. The lowest BCUT2D eigenvalue weighted by Gasteiger charge is -2.13. The van der Waals surface area contributed by atoms with Crippen LogP contribution in [-0.4, -0.2) is 47.9 Å². The van der Waals surface area contributed by atoms with Crippen molar-refractivity contribution in [1.82, 2.24) is 0 Å². The van der Waals surface area contributed by atoms with Gasteiger partial charge >= 0.3 is 17.9 Å². The van der Waals surface area contributed by atoms with Crippen LogP contribution in [0.5, 0.6) is 0 Å². The van der Waals surface area contributed by atoms with Crippen LogP contribution in [0.1, 0.15) is 39.5 Å². The van der Waals surface area contributed by atoms with Crippen molar-refractivity contribution in [1.29, 1.82) is 0 Å². The molecule has 2 N–H and O–H groups in total. The number of carboxylic acid groups (broad SMARTS) is 2. The highest BCUT2D eigenvalue weighted by Crippen LogP contribution is 2.05. The van der Waals surface area contributed by atoms with Crippen molar-refractivity contribution in [2.75, 3.05) is 13.7 Å². The summed E-state index contributed by atoms with van der Waals surface area (Å²) < 4.78 is 9.03. The van der Waals surface area contributed by atoms with E-state index in [1.165, 1.54) is 20.0 Å². The summed E-state index contributed by atoms with van der Waals surface area (Å²) in [6.07, 6.45) is 0.395. The summed E-state index contributed by atoms with van der Waals surface area (Å²) in [5.74, 6) is -3.25. The minimum absolute atomic E-state index is 0.338. The highest BCUT2D eigenvalue weighted by molar-refractivity contribution is 5.74. The Kier molecular flexibility index (Phi) is 13.3. The Hall–Kier alpha value is -1.63. The second-order valence-corrected chi connectivity index (χ2v) is 3.74. The molecule has 0 aliphatic rings. The van der Waals surface area contributed by atoms with Gasteiger partial charge in [0.15, 0.2) is 0 Å². The fourth-order valence-corrected chi connectivity index (χ4v) is 0.883. The number of esters is 1. The van der Waals surface area contributed by atoms with Gasteiger partial charge in [0.1, 0.15) is 12.7 Å². The van der Waals surface area contributed by atoms with Gasteiger partial charge in [-0.2, -0.15) is 0 Å². The number of carbonyl (C=O) groups is 3. The van der Waals surface area contributed by atoms with Crippen molar-refractivity contribution in [2.45, 2.75) is 45.6 Å². The summed E-state index contributed by atoms with van der Waals surface area (Å²) in [5.41, 5.74) is 0. The van der Waals surface area contributed by atoms with E-state index >= 15 is 0 Å². The van der Waals surface area contributed by atoms with Gasteiger partial charge in [0.2, 0.25) is 0 Å². The van der Waals surface area contributed by atoms with Crippen LogP contribution in [0, 0.1) is 0 Å². The standard InChI is InChI=1S/C8H12O7.C4H10/c1-14-4-8(13)15-5(2-6(9)10)3-7(11)12;1-3-4-2/h5H,2-4H2,1H3,(H,9,10)(H,11,12);3-4H2,1-2H3. The molecule has 0 aliphatic heterocycles. The molecule has 0 bridgehead atoms. The normalized spacial score (nSPS) is 9.47. The van der Waals surface area contributed by atoms with Crippen LogP contribution in [0.25, 0.3) is 0 Å². The Morgan fingerprint density at radius 3 is 1.68 bits per heavy atom. The van der Waals surface area contributed by atoms with E-state index in [-0.39, 0.29) is 6.61 Å². The molecule has 0 aromatic carbocycles. The molecule has 0 saturated carbocycles. The number of hydrogen-bond donors (Lipinski definition) is 2. The molecule has 0 unspecified atom stereocenters. The maximum absolute atomic E-state index is 10.9. The van der Waals surface area contributed by atoms with Gasteiger partial charge in [-0.15, -0.1) is 0 Å². The van der Waals surface area contributed by atoms with Gasteiger partial charge in [-0.05, 0) is 0 Å². The largest absolute Gasteiger partial charge is 0.481 e. The number of unbranched alkanes of at least 4 members (excludes halogenated alkanes) is 1. The Bertz CT molecular complexity index is 257. The van der Waals surface area contributed by atoms with E-state index in [0.717, 1.165) is 0 Å². The molecular formula is C12H22O7. The summed E-state index contributed by atoms with van der Waals surface area (Å²) in [6.45, 7) is 4.02. The van der Waals surface area contributed by atoms with Gasteiger partial charge in [-0.1, -0.05) is 26.7 Å². The van der Waals surface area contributed by atoms with Crippen molar-refractivity contribution in [3.8, 4) is 0 Å². The van der Waals surface area contributed by atoms with Gasteiger partial charge in [-0.25, -0.2) is 4.79 Å². The Balaban J connectivity index is 0. The second-order valence-electron chi connectivity index (χ2n) is 3.74. The first-order valence-corrected chi connectivity index (χ1v) is 5.99. The molecule has 7 nitrogen and oxygen atoms in total. The summed E-state index contributed by atoms with van der Waals surface area (Å²) in [4.78, 5) is 31.5. The molecule has 19 heavy (non-hydrogen) atoms. The molecule has 0 rings (SSSR count). The van der Waals surface area contributed by atoms with Crippen LogP contribution in [0.2, 0.25) is 0 Å². The van der Waals surface area contributed by atoms with Gasteiger partial charge in [0, 0.05) is 7.11 Å². The lowest BCUT2D eigenvalue weighted by Crippen LogP contribution is -2.26. The first-order chi connectivity index (χ1) is 8.87. The van der Waals surface area contributed by atoms with Crippen LogP contribution in [0.15, 0.2) is 0 Å². The first-order valence-electron chi connectivity index (χ1n) is 5.99. The highest BCUT2D eigenvalue weighted by atomic mass is 16.6. The predicted molar refractivity (Wildman–Crippen MR) is 66.8 cm³/mol. The average Bonchev–Trinajstić information content (AvgIpc) is 2.27. The van der Waals surface area contributed by atoms with E-state index in [0.29, 0.717) is 0 Å². The number of aliphatic carboxylic acids is 2. The average molecular weight is 278 g/mol. The molecule has 0 heterocycles. The zero-order valence-electron chi connectivity index (χ0n) is 11.5. The maximum Gasteiger partial charge on any atom is 0.332 e. The van der Waals surface area contributed by atoms with Gasteiger partial charge < -0.3 is 19.7 Å². The fraction of sp³-hybridized carbons (Fsp3) is 0.750. The van der Waals surface area contributed by atoms with E-state index in [9.17, 15) is 14.4 Å². The Labute approximate surface area is 112 Å². The minimum atomic E-state index is -1.23. The molecule has 0 saturated heterocycles. The van der Waals surface area contributed by atoms with Crippen LogP contribution >= 0.6 is 0 Å². The maximum atomic E-state index is 10.9. The van der Waals surface area contributed by atoms with Crippen LogP contribution < -0.4 is 0 Å². The topological polar surface area (TPSA) is 110 Å². The SMILES string of the molecule is CCCC.COCC(=O)OC(CC(=O)O)CC(=O)O. The third-order valence-electron chi connectivity index (χ3n) is 1.86. The number of rotatable bonds is 8. The molecule has 0 aliphatic carbocycles. The summed E-state index contributed by atoms with van der Waals surface area (Å²) in [5, 5.41) is 16.8. The zero-order chi connectivity index (χ0) is 15.3. The molecule has 0 amide bonds. The van der Waals surface area contributed by atoms with E-state index in [4.69, 9.17) is 10.2 Å². The molecular weight excluding hydrogens is 256 g/mol.